The van der Waals surface area contributed by atoms with Crippen LogP contribution in [0.5, 0.6) is 0 Å². The molecule has 0 aliphatic carbocycles. The van der Waals surface area contributed by atoms with E-state index in [9.17, 15) is 9.90 Å². The quantitative estimate of drug-likeness (QED) is 0.567. The highest BCUT2D eigenvalue weighted by Gasteiger charge is 2.20. The number of nitrogens with two attached hydrogens (primary N) is 1. The second-order valence-electron chi connectivity index (χ2n) is 8.30. The number of urea groups is 1. The Hall–Kier alpha value is -2.75. The van der Waals surface area contributed by atoms with Crippen LogP contribution in [0.1, 0.15) is 24.8 Å². The number of pyridine rings is 1. The number of aromatic nitrogens is 2. The number of piperidine rings is 1. The number of primary amides is 1. The maximum atomic E-state index is 12.1. The monoisotopic (exact) mass is 454 g/mol. The first-order chi connectivity index (χ1) is 15.4. The molecule has 0 spiro atoms. The van der Waals surface area contributed by atoms with Crippen molar-refractivity contribution in [2.45, 2.75) is 32.3 Å². The number of amides is 2. The number of aliphatic hydroxyl groups excluding tert-OH is 1. The molecule has 3 N–H and O–H groups in total. The molecule has 0 saturated carbocycles. The Labute approximate surface area is 192 Å². The molecule has 0 bridgehead atoms. The summed E-state index contributed by atoms with van der Waals surface area (Å²) in [5, 5.41) is 10.2. The number of nitrogens with zero attached hydrogens (tertiary/aromatic N) is 5. The van der Waals surface area contributed by atoms with Crippen molar-refractivity contribution >= 4 is 44.4 Å². The first-order valence-electron chi connectivity index (χ1n) is 11.0. The zero-order chi connectivity index (χ0) is 22.7. The molecule has 1 saturated heterocycles. The second-order valence-corrected chi connectivity index (χ2v) is 9.26. The molecule has 0 radical (unpaired) electrons. The van der Waals surface area contributed by atoms with Crippen molar-refractivity contribution in [1.29, 1.82) is 0 Å². The Morgan fingerprint density at radius 1 is 1.19 bits per heavy atom. The summed E-state index contributed by atoms with van der Waals surface area (Å²) in [6.45, 7) is 5.21. The Balaban J connectivity index is 1.46. The summed E-state index contributed by atoms with van der Waals surface area (Å²) in [6, 6.07) is 11.6. The van der Waals surface area contributed by atoms with Gasteiger partial charge in [-0.15, -0.1) is 0 Å². The maximum Gasteiger partial charge on any atom is 0.321 e. The highest BCUT2D eigenvalue weighted by Crippen LogP contribution is 2.31. The van der Waals surface area contributed by atoms with Crippen molar-refractivity contribution in [2.24, 2.45) is 5.73 Å². The molecule has 2 amide bonds. The van der Waals surface area contributed by atoms with Gasteiger partial charge in [-0.3, -0.25) is 4.90 Å². The SMILES string of the molecule is Cc1ccc(N(C)c2ccc3nc(N(CCCN4CCC(O)CC4)C(N)=O)sc3n2)cc1. The number of anilines is 3. The van der Waals surface area contributed by atoms with E-state index in [1.165, 1.54) is 21.8 Å². The predicted molar refractivity (Wildman–Crippen MR) is 130 cm³/mol. The standard InChI is InChI=1S/C23H30N6O2S/c1-16-4-6-17(7-5-16)27(2)20-9-8-19-21(26-20)32-23(25-19)29(22(24)31)13-3-12-28-14-10-18(30)11-15-28/h4-9,18,30H,3,10-15H2,1-2H3,(H2,24,31). The molecule has 1 aliphatic heterocycles. The van der Waals surface area contributed by atoms with Gasteiger partial charge in [-0.05, 0) is 57.0 Å². The number of aryl methyl sites for hydroxylation is 1. The van der Waals surface area contributed by atoms with Crippen LogP contribution in [0.15, 0.2) is 36.4 Å². The molecule has 3 aromatic rings. The number of thiazole rings is 1. The summed E-state index contributed by atoms with van der Waals surface area (Å²) < 4.78 is 0. The number of rotatable bonds is 7. The Morgan fingerprint density at radius 3 is 2.59 bits per heavy atom. The van der Waals surface area contributed by atoms with Crippen LogP contribution in [-0.4, -0.2) is 65.3 Å². The van der Waals surface area contributed by atoms with Crippen molar-refractivity contribution in [3.63, 3.8) is 0 Å². The number of benzene rings is 1. The van der Waals surface area contributed by atoms with E-state index in [1.807, 2.05) is 24.1 Å². The van der Waals surface area contributed by atoms with E-state index in [4.69, 9.17) is 10.7 Å². The van der Waals surface area contributed by atoms with Crippen molar-refractivity contribution in [3.05, 3.63) is 42.0 Å². The molecule has 8 nitrogen and oxygen atoms in total. The number of carbonyl (C=O) groups excluding carboxylic acids is 1. The molecule has 1 aliphatic rings. The van der Waals surface area contributed by atoms with E-state index in [1.54, 1.807) is 0 Å². The van der Waals surface area contributed by atoms with Gasteiger partial charge in [0.2, 0.25) is 0 Å². The molecular weight excluding hydrogens is 424 g/mol. The summed E-state index contributed by atoms with van der Waals surface area (Å²) in [4.78, 5) is 28.2. The molecule has 32 heavy (non-hydrogen) atoms. The van der Waals surface area contributed by atoms with E-state index < -0.39 is 6.03 Å². The van der Waals surface area contributed by atoms with Gasteiger partial charge in [-0.1, -0.05) is 29.0 Å². The predicted octanol–water partition coefficient (Wildman–Crippen LogP) is 3.50. The number of hydrogen-bond donors (Lipinski definition) is 2. The lowest BCUT2D eigenvalue weighted by molar-refractivity contribution is 0.0824. The summed E-state index contributed by atoms with van der Waals surface area (Å²) in [5.74, 6) is 0.814. The van der Waals surface area contributed by atoms with E-state index >= 15 is 0 Å². The van der Waals surface area contributed by atoms with Gasteiger partial charge in [0.05, 0.1) is 6.10 Å². The second kappa shape index (κ2) is 9.81. The van der Waals surface area contributed by atoms with Gasteiger partial charge >= 0.3 is 6.03 Å². The lowest BCUT2D eigenvalue weighted by atomic mass is 10.1. The molecular formula is C23H30N6O2S. The van der Waals surface area contributed by atoms with Gasteiger partial charge in [0, 0.05) is 32.4 Å². The molecule has 4 rings (SSSR count). The van der Waals surface area contributed by atoms with Crippen LogP contribution in [0, 0.1) is 6.92 Å². The molecule has 9 heteroatoms. The zero-order valence-electron chi connectivity index (χ0n) is 18.6. The topological polar surface area (TPSA) is 98.8 Å². The molecule has 3 heterocycles. The summed E-state index contributed by atoms with van der Waals surface area (Å²) >= 11 is 1.38. The normalized spacial score (nSPS) is 15.2. The first kappa shape index (κ1) is 22.4. The number of hydrogen-bond acceptors (Lipinski definition) is 7. The summed E-state index contributed by atoms with van der Waals surface area (Å²) in [5.41, 5.74) is 8.69. The van der Waals surface area contributed by atoms with Crippen LogP contribution in [0.25, 0.3) is 10.3 Å². The van der Waals surface area contributed by atoms with Crippen LogP contribution < -0.4 is 15.5 Å². The van der Waals surface area contributed by atoms with E-state index in [0.29, 0.717) is 11.7 Å². The third-order valence-corrected chi connectivity index (χ3v) is 6.89. The Kier molecular flexibility index (Phi) is 6.88. The first-order valence-corrected chi connectivity index (χ1v) is 11.8. The van der Waals surface area contributed by atoms with Crippen LogP contribution in [0.4, 0.5) is 21.4 Å². The largest absolute Gasteiger partial charge is 0.393 e. The van der Waals surface area contributed by atoms with Crippen LogP contribution >= 0.6 is 11.3 Å². The molecule has 0 atom stereocenters. The number of likely N-dealkylation sites (tertiary alicyclic amines) is 1. The number of aliphatic hydroxyl groups is 1. The minimum Gasteiger partial charge on any atom is -0.393 e. The van der Waals surface area contributed by atoms with E-state index in [2.05, 4.69) is 41.1 Å². The van der Waals surface area contributed by atoms with Crippen molar-refractivity contribution in [3.8, 4) is 0 Å². The Bertz CT molecular complexity index is 1060. The van der Waals surface area contributed by atoms with E-state index in [0.717, 1.165) is 60.7 Å². The highest BCUT2D eigenvalue weighted by atomic mass is 32.1. The number of fused-ring (bicyclic) bond motifs is 1. The molecule has 1 fully saturated rings. The molecule has 170 valence electrons. The van der Waals surface area contributed by atoms with Crippen molar-refractivity contribution in [1.82, 2.24) is 14.9 Å². The Morgan fingerprint density at radius 2 is 1.91 bits per heavy atom. The summed E-state index contributed by atoms with van der Waals surface area (Å²) in [7, 11) is 1.98. The van der Waals surface area contributed by atoms with Crippen LogP contribution in [-0.2, 0) is 0 Å². The van der Waals surface area contributed by atoms with Crippen molar-refractivity contribution < 1.29 is 9.90 Å². The zero-order valence-corrected chi connectivity index (χ0v) is 19.4. The van der Waals surface area contributed by atoms with Gasteiger partial charge in [-0.2, -0.15) is 0 Å². The third-order valence-electron chi connectivity index (χ3n) is 5.90. The summed E-state index contributed by atoms with van der Waals surface area (Å²) in [6.07, 6.45) is 2.23. The van der Waals surface area contributed by atoms with Gasteiger partial charge < -0.3 is 20.6 Å². The molecule has 0 unspecified atom stereocenters. The number of carbonyl (C=O) groups is 1. The van der Waals surface area contributed by atoms with Gasteiger partial charge in [0.1, 0.15) is 16.2 Å². The van der Waals surface area contributed by atoms with E-state index in [-0.39, 0.29) is 6.10 Å². The molecule has 1 aromatic carbocycles. The fraction of sp³-hybridized carbons (Fsp3) is 0.435. The maximum absolute atomic E-state index is 12.1. The average Bonchev–Trinajstić information content (AvgIpc) is 3.20. The lowest BCUT2D eigenvalue weighted by Crippen LogP contribution is -2.40. The fourth-order valence-corrected chi connectivity index (χ4v) is 4.86. The van der Waals surface area contributed by atoms with Crippen LogP contribution in [0.3, 0.4) is 0 Å². The molecule has 2 aromatic heterocycles. The minimum atomic E-state index is -0.505. The minimum absolute atomic E-state index is 0.182. The lowest BCUT2D eigenvalue weighted by Gasteiger charge is -2.29. The van der Waals surface area contributed by atoms with Gasteiger partial charge in [0.25, 0.3) is 0 Å². The highest BCUT2D eigenvalue weighted by molar-refractivity contribution is 7.22. The average molecular weight is 455 g/mol. The van der Waals surface area contributed by atoms with Gasteiger partial charge in [-0.25, -0.2) is 14.8 Å². The van der Waals surface area contributed by atoms with Crippen LogP contribution in [0.2, 0.25) is 0 Å². The third kappa shape index (κ3) is 5.17. The smallest absolute Gasteiger partial charge is 0.321 e. The fourth-order valence-electron chi connectivity index (χ4n) is 3.89. The van der Waals surface area contributed by atoms with Gasteiger partial charge in [0.15, 0.2) is 5.13 Å². The van der Waals surface area contributed by atoms with Crippen molar-refractivity contribution in [2.75, 3.05) is 43.0 Å².